The highest BCUT2D eigenvalue weighted by Gasteiger charge is 2.11. The maximum atomic E-state index is 12.0. The lowest BCUT2D eigenvalue weighted by molar-refractivity contribution is 0.0754. The Morgan fingerprint density at radius 1 is 1.47 bits per heavy atom. The van der Waals surface area contributed by atoms with Gasteiger partial charge in [0.05, 0.1) is 6.10 Å². The monoisotopic (exact) mass is 330 g/mol. The van der Waals surface area contributed by atoms with Gasteiger partial charge in [-0.3, -0.25) is 4.79 Å². The van der Waals surface area contributed by atoms with E-state index in [-0.39, 0.29) is 12.0 Å². The quantitative estimate of drug-likeness (QED) is 0.744. The molecule has 0 saturated carbocycles. The van der Waals surface area contributed by atoms with Gasteiger partial charge in [0, 0.05) is 30.4 Å². The molecule has 1 N–H and O–H groups in total. The van der Waals surface area contributed by atoms with E-state index in [1.165, 1.54) is 0 Å². The van der Waals surface area contributed by atoms with Crippen LogP contribution in [0.4, 0.5) is 0 Å². The number of rotatable bonds is 8. The number of nitrogens with one attached hydrogen (secondary N) is 1. The first-order valence-electron chi connectivity index (χ1n) is 6.80. The Bertz CT molecular complexity index is 402. The SMILES string of the molecule is CCn1cc(Br)cc1C(=O)NCCCCOC(C)C. The van der Waals surface area contributed by atoms with Crippen molar-refractivity contribution in [1.82, 2.24) is 9.88 Å². The third-order valence-corrected chi connectivity index (χ3v) is 3.18. The van der Waals surface area contributed by atoms with Gasteiger partial charge in [-0.2, -0.15) is 0 Å². The molecule has 0 radical (unpaired) electrons. The summed E-state index contributed by atoms with van der Waals surface area (Å²) in [6, 6.07) is 1.85. The molecule has 0 spiro atoms. The maximum Gasteiger partial charge on any atom is 0.267 e. The van der Waals surface area contributed by atoms with E-state index in [1.54, 1.807) is 0 Å². The number of hydrogen-bond donors (Lipinski definition) is 1. The van der Waals surface area contributed by atoms with Crippen LogP contribution >= 0.6 is 15.9 Å². The fourth-order valence-electron chi connectivity index (χ4n) is 1.77. The molecule has 0 aliphatic rings. The zero-order valence-corrected chi connectivity index (χ0v) is 13.5. The van der Waals surface area contributed by atoms with Crippen molar-refractivity contribution < 1.29 is 9.53 Å². The molecule has 0 bridgehead atoms. The van der Waals surface area contributed by atoms with Crippen molar-refractivity contribution in [2.24, 2.45) is 0 Å². The van der Waals surface area contributed by atoms with Crippen LogP contribution in [0.25, 0.3) is 0 Å². The number of carbonyl (C=O) groups is 1. The lowest BCUT2D eigenvalue weighted by atomic mass is 10.3. The van der Waals surface area contributed by atoms with Gasteiger partial charge >= 0.3 is 0 Å². The number of nitrogens with zero attached hydrogens (tertiary/aromatic N) is 1. The molecule has 1 heterocycles. The van der Waals surface area contributed by atoms with Gasteiger partial charge in [-0.05, 0) is 55.6 Å². The summed E-state index contributed by atoms with van der Waals surface area (Å²) in [5.41, 5.74) is 0.702. The van der Waals surface area contributed by atoms with Gasteiger partial charge in [0.15, 0.2) is 0 Å². The molecule has 0 unspecified atom stereocenters. The topological polar surface area (TPSA) is 43.3 Å². The van der Waals surface area contributed by atoms with Gasteiger partial charge < -0.3 is 14.6 Å². The third kappa shape index (κ3) is 5.78. The Labute approximate surface area is 123 Å². The van der Waals surface area contributed by atoms with Crippen LogP contribution < -0.4 is 5.32 Å². The number of hydrogen-bond acceptors (Lipinski definition) is 2. The summed E-state index contributed by atoms with van der Waals surface area (Å²) in [7, 11) is 0. The Morgan fingerprint density at radius 2 is 2.21 bits per heavy atom. The molecule has 0 aromatic carbocycles. The molecule has 1 aromatic rings. The largest absolute Gasteiger partial charge is 0.379 e. The van der Waals surface area contributed by atoms with Gasteiger partial charge in [-0.25, -0.2) is 0 Å². The molecule has 1 amide bonds. The number of carbonyl (C=O) groups excluding carboxylic acids is 1. The molecule has 0 aliphatic heterocycles. The summed E-state index contributed by atoms with van der Waals surface area (Å²) in [5, 5.41) is 2.94. The zero-order valence-electron chi connectivity index (χ0n) is 11.9. The standard InChI is InChI=1S/C14H23BrN2O2/c1-4-17-10-12(15)9-13(17)14(18)16-7-5-6-8-19-11(2)3/h9-11H,4-8H2,1-3H3,(H,16,18). The van der Waals surface area contributed by atoms with Crippen LogP contribution in [-0.4, -0.2) is 29.7 Å². The Balaban J connectivity index is 2.27. The zero-order chi connectivity index (χ0) is 14.3. The van der Waals surface area contributed by atoms with Crippen molar-refractivity contribution >= 4 is 21.8 Å². The molecule has 4 nitrogen and oxygen atoms in total. The predicted octanol–water partition coefficient (Wildman–Crippen LogP) is 3.21. The summed E-state index contributed by atoms with van der Waals surface area (Å²) in [6.45, 7) is 8.30. The van der Waals surface area contributed by atoms with Crippen molar-refractivity contribution in [2.45, 2.75) is 46.3 Å². The highest BCUT2D eigenvalue weighted by atomic mass is 79.9. The van der Waals surface area contributed by atoms with Crippen molar-refractivity contribution in [3.63, 3.8) is 0 Å². The number of ether oxygens (including phenoxy) is 1. The second kappa shape index (κ2) is 8.38. The summed E-state index contributed by atoms with van der Waals surface area (Å²) >= 11 is 3.39. The summed E-state index contributed by atoms with van der Waals surface area (Å²) in [4.78, 5) is 12.0. The van der Waals surface area contributed by atoms with E-state index in [2.05, 4.69) is 21.2 Å². The van der Waals surface area contributed by atoms with Crippen molar-refractivity contribution in [3.8, 4) is 0 Å². The molecule has 1 aromatic heterocycles. The second-order valence-corrected chi connectivity index (χ2v) is 5.63. The first kappa shape index (κ1) is 16.2. The van der Waals surface area contributed by atoms with E-state index in [4.69, 9.17) is 4.74 Å². The van der Waals surface area contributed by atoms with Crippen LogP contribution in [0.3, 0.4) is 0 Å². The third-order valence-electron chi connectivity index (χ3n) is 2.74. The maximum absolute atomic E-state index is 12.0. The van der Waals surface area contributed by atoms with E-state index in [1.807, 2.05) is 37.6 Å². The van der Waals surface area contributed by atoms with Gasteiger partial charge in [0.25, 0.3) is 5.91 Å². The Kier molecular flexibility index (Phi) is 7.16. The van der Waals surface area contributed by atoms with E-state index in [0.717, 1.165) is 30.5 Å². The molecule has 108 valence electrons. The number of aromatic nitrogens is 1. The molecule has 19 heavy (non-hydrogen) atoms. The number of halogens is 1. The lowest BCUT2D eigenvalue weighted by Gasteiger charge is -2.09. The van der Waals surface area contributed by atoms with Gasteiger partial charge in [-0.15, -0.1) is 0 Å². The molecule has 0 atom stereocenters. The normalized spacial score (nSPS) is 11.0. The average Bonchev–Trinajstić information content (AvgIpc) is 2.74. The predicted molar refractivity (Wildman–Crippen MR) is 80.5 cm³/mol. The Hall–Kier alpha value is -0.810. The molecular weight excluding hydrogens is 308 g/mol. The number of aryl methyl sites for hydroxylation is 1. The molecule has 0 aliphatic carbocycles. The number of amides is 1. The minimum absolute atomic E-state index is 0.0164. The molecule has 5 heteroatoms. The molecule has 1 rings (SSSR count). The van der Waals surface area contributed by atoms with Crippen LogP contribution in [0.1, 0.15) is 44.1 Å². The van der Waals surface area contributed by atoms with Crippen molar-refractivity contribution in [2.75, 3.05) is 13.2 Å². The van der Waals surface area contributed by atoms with Crippen molar-refractivity contribution in [3.05, 3.63) is 22.4 Å². The first-order valence-corrected chi connectivity index (χ1v) is 7.59. The second-order valence-electron chi connectivity index (χ2n) is 4.71. The van der Waals surface area contributed by atoms with E-state index < -0.39 is 0 Å². The Morgan fingerprint density at radius 3 is 2.84 bits per heavy atom. The van der Waals surface area contributed by atoms with Crippen LogP contribution in [0.15, 0.2) is 16.7 Å². The fraction of sp³-hybridized carbons (Fsp3) is 0.643. The first-order chi connectivity index (χ1) is 9.04. The van der Waals surface area contributed by atoms with E-state index in [0.29, 0.717) is 12.2 Å². The van der Waals surface area contributed by atoms with Crippen LogP contribution in [0, 0.1) is 0 Å². The summed E-state index contributed by atoms with van der Waals surface area (Å²) in [6.07, 6.45) is 4.11. The highest BCUT2D eigenvalue weighted by molar-refractivity contribution is 9.10. The minimum Gasteiger partial charge on any atom is -0.379 e. The summed E-state index contributed by atoms with van der Waals surface area (Å²) in [5.74, 6) is -0.0164. The fourth-order valence-corrected chi connectivity index (χ4v) is 2.23. The van der Waals surface area contributed by atoms with Crippen molar-refractivity contribution in [1.29, 1.82) is 0 Å². The van der Waals surface area contributed by atoms with Gasteiger partial charge in [0.1, 0.15) is 5.69 Å². The van der Waals surface area contributed by atoms with Gasteiger partial charge in [-0.1, -0.05) is 0 Å². The lowest BCUT2D eigenvalue weighted by Crippen LogP contribution is -2.26. The van der Waals surface area contributed by atoms with Crippen LogP contribution in [0.2, 0.25) is 0 Å². The van der Waals surface area contributed by atoms with E-state index in [9.17, 15) is 4.79 Å². The number of unbranched alkanes of at least 4 members (excludes halogenated alkanes) is 1. The minimum atomic E-state index is -0.0164. The molecular formula is C14H23BrN2O2. The highest BCUT2D eigenvalue weighted by Crippen LogP contribution is 2.14. The molecule has 0 fully saturated rings. The average molecular weight is 331 g/mol. The molecule has 0 saturated heterocycles. The summed E-state index contributed by atoms with van der Waals surface area (Å²) < 4.78 is 8.32. The van der Waals surface area contributed by atoms with Crippen LogP contribution in [-0.2, 0) is 11.3 Å². The smallest absolute Gasteiger partial charge is 0.267 e. The van der Waals surface area contributed by atoms with Crippen LogP contribution in [0.5, 0.6) is 0 Å². The van der Waals surface area contributed by atoms with Gasteiger partial charge in [0.2, 0.25) is 0 Å². The van der Waals surface area contributed by atoms with E-state index >= 15 is 0 Å².